The smallest absolute Gasteiger partial charge is 0.269 e. The Labute approximate surface area is 189 Å². The molecule has 7 heteroatoms. The molecule has 1 heterocycles. The zero-order chi connectivity index (χ0) is 23.3. The number of nitrogens with zero attached hydrogens (tertiary/aromatic N) is 1. The summed E-state index contributed by atoms with van der Waals surface area (Å²) in [6, 6.07) is 12.5. The Kier molecular flexibility index (Phi) is 7.51. The fourth-order valence-corrected chi connectivity index (χ4v) is 4.18. The van der Waals surface area contributed by atoms with Gasteiger partial charge in [0.1, 0.15) is 5.75 Å². The highest BCUT2D eigenvalue weighted by Crippen LogP contribution is 2.39. The summed E-state index contributed by atoms with van der Waals surface area (Å²) in [7, 11) is 1.59. The minimum atomic E-state index is -0.604. The Morgan fingerprint density at radius 2 is 1.81 bits per heavy atom. The zero-order valence-corrected chi connectivity index (χ0v) is 19.1. The first-order valence-electron chi connectivity index (χ1n) is 11.0. The van der Waals surface area contributed by atoms with E-state index in [1.54, 1.807) is 18.1 Å². The number of aryl methyl sites for hydroxylation is 2. The third-order valence-electron chi connectivity index (χ3n) is 5.90. The summed E-state index contributed by atoms with van der Waals surface area (Å²) in [5, 5.41) is 0. The minimum Gasteiger partial charge on any atom is -0.497 e. The average Bonchev–Trinajstić information content (AvgIpc) is 3.11. The maximum Gasteiger partial charge on any atom is 0.269 e. The summed E-state index contributed by atoms with van der Waals surface area (Å²) in [6.07, 6.45) is 1.91. The number of hydrogen-bond acceptors (Lipinski definition) is 4. The van der Waals surface area contributed by atoms with Gasteiger partial charge in [0.25, 0.3) is 5.91 Å². The van der Waals surface area contributed by atoms with Crippen LogP contribution in [0.4, 0.5) is 0 Å². The van der Waals surface area contributed by atoms with Crippen LogP contribution in [0.25, 0.3) is 0 Å². The van der Waals surface area contributed by atoms with Crippen molar-refractivity contribution < 1.29 is 19.1 Å². The molecule has 2 unspecified atom stereocenters. The van der Waals surface area contributed by atoms with Crippen LogP contribution in [-0.2, 0) is 9.59 Å². The number of amides is 3. The number of ether oxygens (including phenoxy) is 1. The van der Waals surface area contributed by atoms with E-state index < -0.39 is 12.0 Å². The second-order valence-corrected chi connectivity index (χ2v) is 8.23. The Bertz CT molecular complexity index is 987. The van der Waals surface area contributed by atoms with E-state index in [2.05, 4.69) is 17.8 Å². The molecule has 1 aliphatic rings. The topological polar surface area (TPSA) is 87.7 Å². The van der Waals surface area contributed by atoms with Crippen molar-refractivity contribution in [2.75, 3.05) is 13.7 Å². The second-order valence-electron chi connectivity index (χ2n) is 8.23. The molecule has 32 heavy (non-hydrogen) atoms. The molecule has 0 aromatic heterocycles. The molecule has 2 aromatic carbocycles. The fourth-order valence-electron chi connectivity index (χ4n) is 4.18. The van der Waals surface area contributed by atoms with Crippen molar-refractivity contribution in [3.63, 3.8) is 0 Å². The monoisotopic (exact) mass is 437 g/mol. The molecule has 3 amide bonds. The number of hydrogen-bond donors (Lipinski definition) is 2. The van der Waals surface area contributed by atoms with Gasteiger partial charge in [0.05, 0.1) is 19.1 Å². The molecule has 1 fully saturated rings. The molecule has 0 radical (unpaired) electrons. The van der Waals surface area contributed by atoms with E-state index in [0.29, 0.717) is 17.9 Å². The number of rotatable bonds is 7. The molecule has 2 atom stereocenters. The van der Waals surface area contributed by atoms with Crippen LogP contribution < -0.4 is 15.6 Å². The molecule has 0 saturated carbocycles. The summed E-state index contributed by atoms with van der Waals surface area (Å²) >= 11 is 0. The van der Waals surface area contributed by atoms with E-state index >= 15 is 0 Å². The second kappa shape index (κ2) is 10.3. The lowest BCUT2D eigenvalue weighted by molar-refractivity contribution is -0.129. The SMILES string of the molecule is CCCCN1C(=O)CC(C(=O)NNC(=O)c2ccc(C)cc2C)C1c1ccc(OC)cc1. The number of benzene rings is 2. The van der Waals surface area contributed by atoms with E-state index in [1.807, 2.05) is 50.2 Å². The predicted octanol–water partition coefficient (Wildman–Crippen LogP) is 3.46. The van der Waals surface area contributed by atoms with Crippen LogP contribution in [0.3, 0.4) is 0 Å². The highest BCUT2D eigenvalue weighted by molar-refractivity contribution is 5.97. The summed E-state index contributed by atoms with van der Waals surface area (Å²) in [4.78, 5) is 40.2. The van der Waals surface area contributed by atoms with Gasteiger partial charge in [-0.15, -0.1) is 0 Å². The predicted molar refractivity (Wildman–Crippen MR) is 122 cm³/mol. The standard InChI is InChI=1S/C25H31N3O4/c1-5-6-13-28-22(29)15-21(23(28)18-8-10-19(32-4)11-9-18)25(31)27-26-24(30)20-12-7-16(2)14-17(20)3/h7-12,14,21,23H,5-6,13,15H2,1-4H3,(H,26,30)(H,27,31). The van der Waals surface area contributed by atoms with Crippen LogP contribution in [0.5, 0.6) is 5.75 Å². The van der Waals surface area contributed by atoms with Crippen LogP contribution in [0, 0.1) is 19.8 Å². The van der Waals surface area contributed by atoms with Gasteiger partial charge >= 0.3 is 0 Å². The maximum atomic E-state index is 13.1. The van der Waals surface area contributed by atoms with Crippen molar-refractivity contribution in [3.05, 3.63) is 64.7 Å². The Hall–Kier alpha value is -3.35. The van der Waals surface area contributed by atoms with E-state index in [9.17, 15) is 14.4 Å². The molecule has 170 valence electrons. The third-order valence-corrected chi connectivity index (χ3v) is 5.90. The van der Waals surface area contributed by atoms with Crippen molar-refractivity contribution in [3.8, 4) is 5.75 Å². The zero-order valence-electron chi connectivity index (χ0n) is 19.1. The highest BCUT2D eigenvalue weighted by Gasteiger charge is 2.44. The molecule has 0 aliphatic carbocycles. The molecule has 0 bridgehead atoms. The van der Waals surface area contributed by atoms with Crippen molar-refractivity contribution in [1.29, 1.82) is 0 Å². The number of carbonyl (C=O) groups is 3. The molecular weight excluding hydrogens is 406 g/mol. The quantitative estimate of drug-likeness (QED) is 0.650. The Morgan fingerprint density at radius 1 is 1.09 bits per heavy atom. The van der Waals surface area contributed by atoms with Crippen molar-refractivity contribution >= 4 is 17.7 Å². The van der Waals surface area contributed by atoms with Gasteiger partial charge in [0, 0.05) is 18.5 Å². The van der Waals surface area contributed by atoms with Gasteiger partial charge in [0.15, 0.2) is 0 Å². The van der Waals surface area contributed by atoms with Crippen molar-refractivity contribution in [1.82, 2.24) is 15.8 Å². The van der Waals surface area contributed by atoms with Crippen LogP contribution >= 0.6 is 0 Å². The number of likely N-dealkylation sites (tertiary alicyclic amines) is 1. The fraction of sp³-hybridized carbons (Fsp3) is 0.400. The summed E-state index contributed by atoms with van der Waals surface area (Å²) in [5.41, 5.74) is 8.30. The van der Waals surface area contributed by atoms with Crippen LogP contribution in [0.2, 0.25) is 0 Å². The van der Waals surface area contributed by atoms with Gasteiger partial charge in [-0.05, 0) is 49.6 Å². The lowest BCUT2D eigenvalue weighted by Crippen LogP contribution is -2.46. The maximum absolute atomic E-state index is 13.1. The van der Waals surface area contributed by atoms with Gasteiger partial charge in [-0.3, -0.25) is 25.2 Å². The van der Waals surface area contributed by atoms with Crippen molar-refractivity contribution in [2.24, 2.45) is 5.92 Å². The first kappa shape index (κ1) is 23.3. The Morgan fingerprint density at radius 3 is 2.44 bits per heavy atom. The van der Waals surface area contributed by atoms with E-state index in [-0.39, 0.29) is 24.1 Å². The first-order chi connectivity index (χ1) is 15.3. The molecule has 1 saturated heterocycles. The van der Waals surface area contributed by atoms with Gasteiger partial charge in [-0.1, -0.05) is 43.2 Å². The largest absolute Gasteiger partial charge is 0.497 e. The van der Waals surface area contributed by atoms with Crippen molar-refractivity contribution in [2.45, 2.75) is 46.1 Å². The van der Waals surface area contributed by atoms with Crippen LogP contribution in [-0.4, -0.2) is 36.3 Å². The molecule has 3 rings (SSSR count). The molecule has 1 aliphatic heterocycles. The summed E-state index contributed by atoms with van der Waals surface area (Å²) < 4.78 is 5.24. The summed E-state index contributed by atoms with van der Waals surface area (Å²) in [5.74, 6) is -0.715. The van der Waals surface area contributed by atoms with Gasteiger partial charge in [-0.2, -0.15) is 0 Å². The minimum absolute atomic E-state index is 0.0554. The number of unbranched alkanes of at least 4 members (excludes halogenated alkanes) is 1. The lowest BCUT2D eigenvalue weighted by atomic mass is 9.92. The molecule has 2 aromatic rings. The van der Waals surface area contributed by atoms with Gasteiger partial charge in [0.2, 0.25) is 11.8 Å². The number of nitrogens with one attached hydrogen (secondary N) is 2. The number of methoxy groups -OCH3 is 1. The third kappa shape index (κ3) is 5.10. The van der Waals surface area contributed by atoms with Crippen LogP contribution in [0.15, 0.2) is 42.5 Å². The molecule has 0 spiro atoms. The van der Waals surface area contributed by atoms with Gasteiger partial charge < -0.3 is 9.64 Å². The Balaban J connectivity index is 1.77. The normalized spacial score (nSPS) is 17.9. The molecule has 2 N–H and O–H groups in total. The lowest BCUT2D eigenvalue weighted by Gasteiger charge is -2.28. The summed E-state index contributed by atoms with van der Waals surface area (Å²) in [6.45, 7) is 6.46. The number of carbonyl (C=O) groups excluding carboxylic acids is 3. The number of hydrazine groups is 1. The molecule has 7 nitrogen and oxygen atoms in total. The van der Waals surface area contributed by atoms with E-state index in [0.717, 1.165) is 29.5 Å². The highest BCUT2D eigenvalue weighted by atomic mass is 16.5. The first-order valence-corrected chi connectivity index (χ1v) is 11.0. The van der Waals surface area contributed by atoms with Gasteiger partial charge in [-0.25, -0.2) is 0 Å². The van der Waals surface area contributed by atoms with E-state index in [1.165, 1.54) is 0 Å². The molecular formula is C25H31N3O4. The average molecular weight is 438 g/mol. The van der Waals surface area contributed by atoms with Crippen LogP contribution in [0.1, 0.15) is 59.3 Å². The van der Waals surface area contributed by atoms with E-state index in [4.69, 9.17) is 4.74 Å².